The average molecular weight is 276 g/mol. The van der Waals surface area contributed by atoms with Crippen LogP contribution >= 0.6 is 0 Å². The van der Waals surface area contributed by atoms with E-state index in [0.717, 1.165) is 29.5 Å². The van der Waals surface area contributed by atoms with Crippen LogP contribution in [0.25, 0.3) is 0 Å². The molecule has 0 bridgehead atoms. The van der Waals surface area contributed by atoms with Gasteiger partial charge in [0.1, 0.15) is 5.82 Å². The molecule has 0 spiro atoms. The Morgan fingerprint density at radius 3 is 2.45 bits per heavy atom. The number of rotatable bonds is 4. The van der Waals surface area contributed by atoms with E-state index >= 15 is 0 Å². The zero-order valence-corrected chi connectivity index (χ0v) is 13.3. The van der Waals surface area contributed by atoms with Gasteiger partial charge in [-0.2, -0.15) is 0 Å². The van der Waals surface area contributed by atoms with Crippen molar-refractivity contribution in [2.75, 3.05) is 18.5 Å². The van der Waals surface area contributed by atoms with E-state index in [1.807, 2.05) is 12.1 Å². The molecule has 0 atom stereocenters. The molecule has 112 valence electrons. The number of aliphatic hydroxyl groups is 1. The lowest BCUT2D eigenvalue weighted by molar-refractivity contribution is 0.281. The van der Waals surface area contributed by atoms with Crippen LogP contribution in [0.3, 0.4) is 0 Å². The van der Waals surface area contributed by atoms with Crippen molar-refractivity contribution in [3.63, 3.8) is 0 Å². The fourth-order valence-electron chi connectivity index (χ4n) is 2.92. The molecule has 0 aromatic carbocycles. The molecule has 0 saturated heterocycles. The predicted octanol–water partition coefficient (Wildman–Crippen LogP) is 3.50. The molecule has 1 aromatic rings. The minimum absolute atomic E-state index is 0.00806. The Bertz CT molecular complexity index is 445. The van der Waals surface area contributed by atoms with Crippen molar-refractivity contribution in [2.24, 2.45) is 5.92 Å². The summed E-state index contributed by atoms with van der Waals surface area (Å²) >= 11 is 0. The molecule has 1 N–H and O–H groups in total. The largest absolute Gasteiger partial charge is 0.392 e. The predicted molar refractivity (Wildman–Crippen MR) is 84.1 cm³/mol. The second kappa shape index (κ2) is 6.13. The maximum atomic E-state index is 9.47. The molecule has 0 amide bonds. The maximum Gasteiger partial charge on any atom is 0.128 e. The first-order valence-electron chi connectivity index (χ1n) is 7.73. The van der Waals surface area contributed by atoms with E-state index in [-0.39, 0.29) is 12.0 Å². The van der Waals surface area contributed by atoms with Gasteiger partial charge >= 0.3 is 0 Å². The minimum atomic E-state index is 0.00806. The van der Waals surface area contributed by atoms with Gasteiger partial charge in [0.15, 0.2) is 0 Å². The van der Waals surface area contributed by atoms with Crippen molar-refractivity contribution in [3.8, 4) is 0 Å². The molecule has 1 saturated carbocycles. The van der Waals surface area contributed by atoms with Gasteiger partial charge in [0.05, 0.1) is 6.61 Å². The zero-order chi connectivity index (χ0) is 14.8. The van der Waals surface area contributed by atoms with E-state index in [4.69, 9.17) is 4.98 Å². The first-order valence-corrected chi connectivity index (χ1v) is 7.73. The molecule has 20 heavy (non-hydrogen) atoms. The van der Waals surface area contributed by atoms with Crippen LogP contribution in [0.4, 0.5) is 5.82 Å². The van der Waals surface area contributed by atoms with Gasteiger partial charge in [-0.15, -0.1) is 0 Å². The SMILES string of the molecule is CN(CC1CCCC1)c1cc(CO)cc(C(C)(C)C)n1. The van der Waals surface area contributed by atoms with Crippen LogP contribution in [0.15, 0.2) is 12.1 Å². The summed E-state index contributed by atoms with van der Waals surface area (Å²) in [6, 6.07) is 4.04. The van der Waals surface area contributed by atoms with E-state index in [2.05, 4.69) is 32.7 Å². The Labute approximate surface area is 123 Å². The lowest BCUT2D eigenvalue weighted by atomic mass is 9.91. The summed E-state index contributed by atoms with van der Waals surface area (Å²) in [7, 11) is 2.12. The first kappa shape index (κ1) is 15.3. The molecule has 1 aliphatic carbocycles. The Hall–Kier alpha value is -1.09. The average Bonchev–Trinajstić information content (AvgIpc) is 2.90. The molecule has 2 rings (SSSR count). The quantitative estimate of drug-likeness (QED) is 0.914. The number of anilines is 1. The molecule has 3 nitrogen and oxygen atoms in total. The fraction of sp³-hybridized carbons (Fsp3) is 0.706. The highest BCUT2D eigenvalue weighted by Crippen LogP contribution is 2.28. The lowest BCUT2D eigenvalue weighted by Gasteiger charge is -2.26. The molecule has 3 heteroatoms. The third-order valence-corrected chi connectivity index (χ3v) is 4.22. The number of hydrogen-bond donors (Lipinski definition) is 1. The van der Waals surface area contributed by atoms with Gasteiger partial charge in [-0.25, -0.2) is 4.98 Å². The Balaban J connectivity index is 2.20. The molecular weight excluding hydrogens is 248 g/mol. The number of nitrogens with zero attached hydrogens (tertiary/aromatic N) is 2. The van der Waals surface area contributed by atoms with Crippen LogP contribution in [0, 0.1) is 5.92 Å². The number of hydrogen-bond acceptors (Lipinski definition) is 3. The Morgan fingerprint density at radius 1 is 1.25 bits per heavy atom. The smallest absolute Gasteiger partial charge is 0.128 e. The second-order valence-electron chi connectivity index (χ2n) is 7.16. The summed E-state index contributed by atoms with van der Waals surface area (Å²) in [5, 5.41) is 9.47. The molecule has 1 fully saturated rings. The van der Waals surface area contributed by atoms with Gasteiger partial charge < -0.3 is 10.0 Å². The van der Waals surface area contributed by atoms with Crippen LogP contribution in [0.5, 0.6) is 0 Å². The van der Waals surface area contributed by atoms with Crippen molar-refractivity contribution in [3.05, 3.63) is 23.4 Å². The summed E-state index contributed by atoms with van der Waals surface area (Å²) in [6.45, 7) is 7.65. The Kier molecular flexibility index (Phi) is 4.69. The first-order chi connectivity index (χ1) is 9.40. The van der Waals surface area contributed by atoms with Gasteiger partial charge in [-0.05, 0) is 36.5 Å². The second-order valence-corrected chi connectivity index (χ2v) is 7.16. The lowest BCUT2D eigenvalue weighted by Crippen LogP contribution is -2.26. The highest BCUT2D eigenvalue weighted by Gasteiger charge is 2.20. The third-order valence-electron chi connectivity index (χ3n) is 4.22. The highest BCUT2D eigenvalue weighted by atomic mass is 16.3. The number of aliphatic hydroxyl groups excluding tert-OH is 1. The van der Waals surface area contributed by atoms with Gasteiger partial charge in [0.2, 0.25) is 0 Å². The van der Waals surface area contributed by atoms with Gasteiger partial charge in [-0.3, -0.25) is 0 Å². The number of pyridine rings is 1. The molecule has 0 aliphatic heterocycles. The standard InChI is InChI=1S/C17H28N2O/c1-17(2,3)15-9-14(12-20)10-16(18-15)19(4)11-13-7-5-6-8-13/h9-10,13,20H,5-8,11-12H2,1-4H3. The van der Waals surface area contributed by atoms with Crippen LogP contribution in [0.2, 0.25) is 0 Å². The minimum Gasteiger partial charge on any atom is -0.392 e. The summed E-state index contributed by atoms with van der Waals surface area (Å²) in [6.07, 6.45) is 5.43. The van der Waals surface area contributed by atoms with E-state index in [9.17, 15) is 5.11 Å². The van der Waals surface area contributed by atoms with Gasteiger partial charge in [0, 0.05) is 24.7 Å². The van der Waals surface area contributed by atoms with Crippen molar-refractivity contribution in [1.82, 2.24) is 4.98 Å². The molecule has 1 aliphatic rings. The molecule has 0 unspecified atom stereocenters. The maximum absolute atomic E-state index is 9.47. The third kappa shape index (κ3) is 3.72. The Morgan fingerprint density at radius 2 is 1.90 bits per heavy atom. The molecule has 0 radical (unpaired) electrons. The van der Waals surface area contributed by atoms with Crippen molar-refractivity contribution >= 4 is 5.82 Å². The van der Waals surface area contributed by atoms with E-state index < -0.39 is 0 Å². The molecule has 1 heterocycles. The van der Waals surface area contributed by atoms with E-state index in [1.54, 1.807) is 0 Å². The summed E-state index contributed by atoms with van der Waals surface area (Å²) in [4.78, 5) is 7.06. The summed E-state index contributed by atoms with van der Waals surface area (Å²) in [5.41, 5.74) is 2.02. The fourth-order valence-corrected chi connectivity index (χ4v) is 2.92. The molecule has 1 aromatic heterocycles. The monoisotopic (exact) mass is 276 g/mol. The van der Waals surface area contributed by atoms with Crippen molar-refractivity contribution in [2.45, 2.75) is 58.5 Å². The number of aromatic nitrogens is 1. The zero-order valence-electron chi connectivity index (χ0n) is 13.3. The van der Waals surface area contributed by atoms with Gasteiger partial charge in [0.25, 0.3) is 0 Å². The van der Waals surface area contributed by atoms with Crippen molar-refractivity contribution < 1.29 is 5.11 Å². The highest BCUT2D eigenvalue weighted by molar-refractivity contribution is 5.43. The van der Waals surface area contributed by atoms with Crippen molar-refractivity contribution in [1.29, 1.82) is 0 Å². The van der Waals surface area contributed by atoms with Crippen LogP contribution in [0.1, 0.15) is 57.7 Å². The topological polar surface area (TPSA) is 36.4 Å². The van der Waals surface area contributed by atoms with E-state index in [0.29, 0.717) is 0 Å². The van der Waals surface area contributed by atoms with Gasteiger partial charge in [-0.1, -0.05) is 33.6 Å². The van der Waals surface area contributed by atoms with E-state index in [1.165, 1.54) is 25.7 Å². The van der Waals surface area contributed by atoms with Crippen LogP contribution in [-0.4, -0.2) is 23.7 Å². The summed E-state index contributed by atoms with van der Waals surface area (Å²) in [5.74, 6) is 1.80. The summed E-state index contributed by atoms with van der Waals surface area (Å²) < 4.78 is 0. The van der Waals surface area contributed by atoms with Crippen LogP contribution < -0.4 is 4.90 Å². The van der Waals surface area contributed by atoms with Crippen LogP contribution in [-0.2, 0) is 12.0 Å². The molecular formula is C17H28N2O. The normalized spacial score (nSPS) is 16.6.